The molecule has 0 aliphatic carbocycles. The Hall–Kier alpha value is -0.380. The molecule has 0 aromatic rings. The maximum atomic E-state index is 5.14. The van der Waals surface area contributed by atoms with Crippen LogP contribution in [0, 0.1) is 0 Å². The van der Waals surface area contributed by atoms with Gasteiger partial charge in [-0.1, -0.05) is 6.08 Å². The molecule has 1 atom stereocenters. The predicted molar refractivity (Wildman–Crippen MR) is 36.7 cm³/mol. The van der Waals surface area contributed by atoms with Crippen LogP contribution in [0.15, 0.2) is 12.7 Å². The van der Waals surface area contributed by atoms with Crippen molar-refractivity contribution >= 4 is 0 Å². The minimum absolute atomic E-state index is 0.125. The maximum Gasteiger partial charge on any atom is 0.147 e. The molecule has 0 spiro atoms. The van der Waals surface area contributed by atoms with E-state index >= 15 is 0 Å². The Labute approximate surface area is 60.6 Å². The second-order valence-corrected chi connectivity index (χ2v) is 2.10. The quantitative estimate of drug-likeness (QED) is 0.426. The Morgan fingerprint density at radius 2 is 2.60 bits per heavy atom. The average Bonchev–Trinajstić information content (AvgIpc) is 2.41. The molecule has 1 aliphatic heterocycles. The molecule has 0 amide bonds. The van der Waals surface area contributed by atoms with Crippen LogP contribution >= 0.6 is 0 Å². The van der Waals surface area contributed by atoms with Crippen LogP contribution in [-0.2, 0) is 14.2 Å². The minimum atomic E-state index is 0.125. The second-order valence-electron chi connectivity index (χ2n) is 2.10. The number of rotatable bonds is 4. The molecular weight excluding hydrogens is 132 g/mol. The van der Waals surface area contributed by atoms with Gasteiger partial charge < -0.3 is 14.2 Å². The Balaban J connectivity index is 1.96. The summed E-state index contributed by atoms with van der Waals surface area (Å²) in [5, 5.41) is 0. The highest BCUT2D eigenvalue weighted by molar-refractivity contribution is 4.65. The zero-order valence-corrected chi connectivity index (χ0v) is 5.91. The predicted octanol–water partition coefficient (Wildman–Crippen LogP) is 0.562. The van der Waals surface area contributed by atoms with E-state index in [-0.39, 0.29) is 6.10 Å². The Bertz CT molecular complexity index is 97.0. The first-order valence-corrected chi connectivity index (χ1v) is 3.31. The lowest BCUT2D eigenvalue weighted by Gasteiger charge is -2.05. The van der Waals surface area contributed by atoms with Crippen molar-refractivity contribution in [2.45, 2.75) is 6.10 Å². The minimum Gasteiger partial charge on any atom is -0.375 e. The zero-order valence-electron chi connectivity index (χ0n) is 5.91. The average molecular weight is 144 g/mol. The van der Waals surface area contributed by atoms with Crippen molar-refractivity contribution in [3.8, 4) is 0 Å². The maximum absolute atomic E-state index is 5.14. The van der Waals surface area contributed by atoms with E-state index in [1.165, 1.54) is 0 Å². The molecular formula is C7H12O3. The Kier molecular flexibility index (Phi) is 3.43. The third-order valence-electron chi connectivity index (χ3n) is 1.23. The molecule has 1 aliphatic rings. The molecule has 1 unspecified atom stereocenters. The lowest BCUT2D eigenvalue weighted by atomic mass is 10.4. The van der Waals surface area contributed by atoms with Crippen LogP contribution in [0.2, 0.25) is 0 Å². The first-order chi connectivity index (χ1) is 4.93. The molecule has 0 bridgehead atoms. The van der Waals surface area contributed by atoms with Crippen molar-refractivity contribution in [1.82, 2.24) is 0 Å². The van der Waals surface area contributed by atoms with Crippen LogP contribution < -0.4 is 0 Å². The van der Waals surface area contributed by atoms with Gasteiger partial charge in [-0.25, -0.2) is 0 Å². The Morgan fingerprint density at radius 3 is 3.20 bits per heavy atom. The van der Waals surface area contributed by atoms with Gasteiger partial charge >= 0.3 is 0 Å². The molecule has 1 rings (SSSR count). The molecule has 0 saturated carbocycles. The van der Waals surface area contributed by atoms with Crippen molar-refractivity contribution in [3.63, 3.8) is 0 Å². The highest BCUT2D eigenvalue weighted by Crippen LogP contribution is 2.02. The van der Waals surface area contributed by atoms with Crippen LogP contribution in [0.3, 0.4) is 0 Å². The SMILES string of the molecule is C=CCOCC1COCO1. The van der Waals surface area contributed by atoms with Gasteiger partial charge in [0.25, 0.3) is 0 Å². The summed E-state index contributed by atoms with van der Waals surface area (Å²) in [5.74, 6) is 0. The molecule has 1 fully saturated rings. The van der Waals surface area contributed by atoms with E-state index in [1.807, 2.05) is 0 Å². The van der Waals surface area contributed by atoms with Gasteiger partial charge in [-0.15, -0.1) is 6.58 Å². The van der Waals surface area contributed by atoms with Gasteiger partial charge in [0.05, 0.1) is 19.8 Å². The van der Waals surface area contributed by atoms with Crippen molar-refractivity contribution in [1.29, 1.82) is 0 Å². The Morgan fingerprint density at radius 1 is 1.70 bits per heavy atom. The van der Waals surface area contributed by atoms with Crippen LogP contribution in [0.25, 0.3) is 0 Å². The number of hydrogen-bond acceptors (Lipinski definition) is 3. The van der Waals surface area contributed by atoms with E-state index < -0.39 is 0 Å². The molecule has 58 valence electrons. The van der Waals surface area contributed by atoms with Gasteiger partial charge in [-0.2, -0.15) is 0 Å². The molecule has 1 heterocycles. The van der Waals surface area contributed by atoms with Crippen LogP contribution in [0.5, 0.6) is 0 Å². The van der Waals surface area contributed by atoms with Gasteiger partial charge in [0.1, 0.15) is 12.9 Å². The van der Waals surface area contributed by atoms with Gasteiger partial charge in [-0.3, -0.25) is 0 Å². The zero-order chi connectivity index (χ0) is 7.23. The van der Waals surface area contributed by atoms with E-state index in [0.717, 1.165) is 0 Å². The standard InChI is InChI=1S/C7H12O3/c1-2-3-8-4-7-5-9-6-10-7/h2,7H,1,3-6H2. The summed E-state index contributed by atoms with van der Waals surface area (Å²) >= 11 is 0. The summed E-state index contributed by atoms with van der Waals surface area (Å²) in [5.41, 5.74) is 0. The van der Waals surface area contributed by atoms with Crippen LogP contribution in [0.4, 0.5) is 0 Å². The summed E-state index contributed by atoms with van der Waals surface area (Å²) in [4.78, 5) is 0. The highest BCUT2D eigenvalue weighted by atomic mass is 16.7. The molecule has 0 aromatic heterocycles. The van der Waals surface area contributed by atoms with E-state index in [0.29, 0.717) is 26.6 Å². The third kappa shape index (κ3) is 2.47. The summed E-state index contributed by atoms with van der Waals surface area (Å²) < 4.78 is 15.2. The topological polar surface area (TPSA) is 27.7 Å². The molecule has 0 radical (unpaired) electrons. The first kappa shape index (κ1) is 7.72. The first-order valence-electron chi connectivity index (χ1n) is 3.31. The van der Waals surface area contributed by atoms with Crippen LogP contribution in [0.1, 0.15) is 0 Å². The largest absolute Gasteiger partial charge is 0.375 e. The third-order valence-corrected chi connectivity index (χ3v) is 1.23. The molecule has 10 heavy (non-hydrogen) atoms. The summed E-state index contributed by atoms with van der Waals surface area (Å²) in [6, 6.07) is 0. The molecule has 1 saturated heterocycles. The van der Waals surface area contributed by atoms with E-state index in [4.69, 9.17) is 14.2 Å². The monoisotopic (exact) mass is 144 g/mol. The second kappa shape index (κ2) is 4.44. The van der Waals surface area contributed by atoms with Crippen molar-refractivity contribution in [3.05, 3.63) is 12.7 Å². The van der Waals surface area contributed by atoms with Crippen LogP contribution in [-0.4, -0.2) is 32.7 Å². The van der Waals surface area contributed by atoms with E-state index in [2.05, 4.69) is 6.58 Å². The lowest BCUT2D eigenvalue weighted by Crippen LogP contribution is -2.17. The normalized spacial score (nSPS) is 25.0. The fourth-order valence-corrected chi connectivity index (χ4v) is 0.751. The molecule has 3 nitrogen and oxygen atoms in total. The highest BCUT2D eigenvalue weighted by Gasteiger charge is 2.15. The van der Waals surface area contributed by atoms with Crippen molar-refractivity contribution in [2.75, 3.05) is 26.6 Å². The summed E-state index contributed by atoms with van der Waals surface area (Å²) in [6.45, 7) is 5.77. The van der Waals surface area contributed by atoms with Crippen molar-refractivity contribution < 1.29 is 14.2 Å². The smallest absolute Gasteiger partial charge is 0.147 e. The number of ether oxygens (including phenoxy) is 3. The summed E-state index contributed by atoms with van der Waals surface area (Å²) in [6.07, 6.45) is 1.84. The van der Waals surface area contributed by atoms with Gasteiger partial charge in [0.15, 0.2) is 0 Å². The lowest BCUT2D eigenvalue weighted by molar-refractivity contribution is 0.0112. The molecule has 3 heteroatoms. The fourth-order valence-electron chi connectivity index (χ4n) is 0.751. The fraction of sp³-hybridized carbons (Fsp3) is 0.714. The summed E-state index contributed by atoms with van der Waals surface area (Å²) in [7, 11) is 0. The van der Waals surface area contributed by atoms with E-state index in [1.54, 1.807) is 6.08 Å². The van der Waals surface area contributed by atoms with Gasteiger partial charge in [0, 0.05) is 0 Å². The van der Waals surface area contributed by atoms with Gasteiger partial charge in [-0.05, 0) is 0 Å². The molecule has 0 aromatic carbocycles. The number of hydrogen-bond donors (Lipinski definition) is 0. The van der Waals surface area contributed by atoms with E-state index in [9.17, 15) is 0 Å². The van der Waals surface area contributed by atoms with Crippen molar-refractivity contribution in [2.24, 2.45) is 0 Å². The van der Waals surface area contributed by atoms with Gasteiger partial charge in [0.2, 0.25) is 0 Å². The molecule has 0 N–H and O–H groups in total.